The van der Waals surface area contributed by atoms with E-state index in [1.165, 1.54) is 64.7 Å². The Morgan fingerprint density at radius 3 is 1.84 bits per heavy atom. The van der Waals surface area contributed by atoms with Crippen molar-refractivity contribution in [3.63, 3.8) is 0 Å². The Balaban J connectivity index is 3.29. The van der Waals surface area contributed by atoms with Gasteiger partial charge in [0.2, 0.25) is 5.91 Å². The summed E-state index contributed by atoms with van der Waals surface area (Å²) in [5.41, 5.74) is 0. The van der Waals surface area contributed by atoms with Crippen LogP contribution in [0.3, 0.4) is 0 Å². The topological polar surface area (TPSA) is 66.4 Å². The molecule has 4 nitrogen and oxygen atoms in total. The minimum Gasteiger partial charge on any atom is -0.384 e. The van der Waals surface area contributed by atoms with Gasteiger partial charge in [0.1, 0.15) is 6.10 Å². The van der Waals surface area contributed by atoms with Gasteiger partial charge in [-0.2, -0.15) is 0 Å². The largest absolute Gasteiger partial charge is 0.384 e. The van der Waals surface area contributed by atoms with Crippen molar-refractivity contribution in [1.29, 1.82) is 0 Å². The maximum atomic E-state index is 11.4. The second kappa shape index (κ2) is 17.7. The van der Waals surface area contributed by atoms with Gasteiger partial charge in [-0.15, -0.1) is 0 Å². The summed E-state index contributed by atoms with van der Waals surface area (Å²) in [5.74, 6) is -0.902. The molecule has 1 unspecified atom stereocenters. The van der Waals surface area contributed by atoms with E-state index < -0.39 is 12.0 Å². The van der Waals surface area contributed by atoms with E-state index in [9.17, 15) is 9.59 Å². The molecule has 0 saturated heterocycles. The van der Waals surface area contributed by atoms with Gasteiger partial charge in [0.15, 0.2) is 0 Å². The van der Waals surface area contributed by atoms with Gasteiger partial charge < -0.3 is 5.11 Å². The first-order chi connectivity index (χ1) is 12.1. The van der Waals surface area contributed by atoms with Crippen LogP contribution >= 0.6 is 0 Å². The molecule has 25 heavy (non-hydrogen) atoms. The van der Waals surface area contributed by atoms with E-state index in [-0.39, 0.29) is 5.91 Å². The van der Waals surface area contributed by atoms with Crippen LogP contribution in [0.1, 0.15) is 104 Å². The highest BCUT2D eigenvalue weighted by atomic mass is 16.3. The van der Waals surface area contributed by atoms with E-state index in [1.807, 2.05) is 0 Å². The first-order valence-electron chi connectivity index (χ1n) is 10.2. The smallest absolute Gasteiger partial charge is 0.255 e. The lowest BCUT2D eigenvalue weighted by atomic mass is 10.1. The molecule has 146 valence electrons. The van der Waals surface area contributed by atoms with Gasteiger partial charge in [0, 0.05) is 6.42 Å². The van der Waals surface area contributed by atoms with Crippen molar-refractivity contribution >= 4 is 11.8 Å². The van der Waals surface area contributed by atoms with Crippen LogP contribution in [-0.4, -0.2) is 23.0 Å². The summed E-state index contributed by atoms with van der Waals surface area (Å²) in [6.45, 7) is 3.60. The summed E-state index contributed by atoms with van der Waals surface area (Å²) in [6, 6.07) is 0. The molecule has 1 atom stereocenters. The molecule has 0 aromatic heterocycles. The predicted octanol–water partition coefficient (Wildman–Crippen LogP) is 5.05. The quantitative estimate of drug-likeness (QED) is 0.301. The molecule has 4 heteroatoms. The summed E-state index contributed by atoms with van der Waals surface area (Å²) in [4.78, 5) is 22.6. The third kappa shape index (κ3) is 17.5. The number of hydrogen-bond acceptors (Lipinski definition) is 3. The summed E-state index contributed by atoms with van der Waals surface area (Å²) in [7, 11) is 0. The molecule has 0 aromatic carbocycles. The lowest BCUT2D eigenvalue weighted by molar-refractivity contribution is -0.135. The van der Waals surface area contributed by atoms with Crippen LogP contribution < -0.4 is 5.32 Å². The Morgan fingerprint density at radius 2 is 1.32 bits per heavy atom. The average Bonchev–Trinajstić information content (AvgIpc) is 2.58. The monoisotopic (exact) mass is 353 g/mol. The number of rotatable bonds is 16. The maximum absolute atomic E-state index is 11.4. The Hall–Kier alpha value is -1.16. The number of unbranched alkanes of at least 4 members (excludes halogenated alkanes) is 11. The van der Waals surface area contributed by atoms with Crippen molar-refractivity contribution in [3.05, 3.63) is 12.2 Å². The summed E-state index contributed by atoms with van der Waals surface area (Å²) in [5, 5.41) is 11.2. The Kier molecular flexibility index (Phi) is 16.8. The molecule has 0 bridgehead atoms. The van der Waals surface area contributed by atoms with Crippen molar-refractivity contribution in [1.82, 2.24) is 5.32 Å². The van der Waals surface area contributed by atoms with Crippen molar-refractivity contribution in [2.75, 3.05) is 0 Å². The van der Waals surface area contributed by atoms with E-state index in [0.717, 1.165) is 25.7 Å². The fourth-order valence-electron chi connectivity index (χ4n) is 2.66. The normalized spacial score (nSPS) is 12.4. The highest BCUT2D eigenvalue weighted by molar-refractivity contribution is 5.96. The second-order valence-corrected chi connectivity index (χ2v) is 6.92. The molecule has 0 saturated carbocycles. The highest BCUT2D eigenvalue weighted by Gasteiger charge is 2.11. The van der Waals surface area contributed by atoms with Crippen LogP contribution in [0.5, 0.6) is 0 Å². The van der Waals surface area contributed by atoms with Gasteiger partial charge in [-0.1, -0.05) is 70.4 Å². The molecule has 0 aromatic rings. The summed E-state index contributed by atoms with van der Waals surface area (Å²) < 4.78 is 0. The van der Waals surface area contributed by atoms with Crippen molar-refractivity contribution in [2.24, 2.45) is 0 Å². The molecular weight excluding hydrogens is 314 g/mol. The molecule has 0 fully saturated rings. The Morgan fingerprint density at radius 1 is 0.840 bits per heavy atom. The standard InChI is InChI=1S/C21H39NO3/c1-3-4-5-6-7-8-9-10-11-12-13-14-15-16-17-18-20(24)22-21(25)19(2)23/h10-11,19,23H,3-9,12-18H2,1-2H3,(H,22,24,25). The summed E-state index contributed by atoms with van der Waals surface area (Å²) in [6.07, 6.45) is 19.7. The number of hydrogen-bond donors (Lipinski definition) is 2. The molecule has 0 spiro atoms. The van der Waals surface area contributed by atoms with Gasteiger partial charge in [-0.05, 0) is 39.0 Å². The minimum atomic E-state index is -1.13. The van der Waals surface area contributed by atoms with E-state index in [0.29, 0.717) is 6.42 Å². The average molecular weight is 354 g/mol. The molecule has 2 N–H and O–H groups in total. The number of carbonyl (C=O) groups excluding carboxylic acids is 2. The van der Waals surface area contributed by atoms with E-state index >= 15 is 0 Å². The molecule has 0 radical (unpaired) electrons. The lowest BCUT2D eigenvalue weighted by Crippen LogP contribution is -2.37. The third-order valence-electron chi connectivity index (χ3n) is 4.31. The SMILES string of the molecule is CCCCCCCCC=CCCCCCCCC(=O)NC(=O)C(C)O. The van der Waals surface area contributed by atoms with Crippen molar-refractivity contribution in [3.8, 4) is 0 Å². The zero-order valence-electron chi connectivity index (χ0n) is 16.4. The van der Waals surface area contributed by atoms with Gasteiger partial charge in [0.25, 0.3) is 5.91 Å². The van der Waals surface area contributed by atoms with Crippen LogP contribution in [-0.2, 0) is 9.59 Å². The van der Waals surface area contributed by atoms with Gasteiger partial charge in [-0.3, -0.25) is 14.9 Å². The Labute approximate surface area is 154 Å². The Bertz CT molecular complexity index is 364. The molecular formula is C21H39NO3. The zero-order chi connectivity index (χ0) is 18.8. The number of aliphatic hydroxyl groups is 1. The van der Waals surface area contributed by atoms with E-state index in [1.54, 1.807) is 0 Å². The molecule has 0 rings (SSSR count). The van der Waals surface area contributed by atoms with Crippen LogP contribution in [0.15, 0.2) is 12.2 Å². The minimum absolute atomic E-state index is 0.288. The number of allylic oxidation sites excluding steroid dienone is 2. The van der Waals surface area contributed by atoms with E-state index in [2.05, 4.69) is 24.4 Å². The van der Waals surface area contributed by atoms with Crippen LogP contribution in [0.2, 0.25) is 0 Å². The lowest BCUT2D eigenvalue weighted by Gasteiger charge is -2.05. The van der Waals surface area contributed by atoms with Crippen LogP contribution in [0.25, 0.3) is 0 Å². The zero-order valence-corrected chi connectivity index (χ0v) is 16.4. The fraction of sp³-hybridized carbons (Fsp3) is 0.810. The highest BCUT2D eigenvalue weighted by Crippen LogP contribution is 2.09. The molecule has 0 aliphatic rings. The summed E-state index contributed by atoms with van der Waals surface area (Å²) >= 11 is 0. The maximum Gasteiger partial charge on any atom is 0.255 e. The van der Waals surface area contributed by atoms with Crippen LogP contribution in [0.4, 0.5) is 0 Å². The number of nitrogens with one attached hydrogen (secondary N) is 1. The fourth-order valence-corrected chi connectivity index (χ4v) is 2.66. The molecule has 0 aliphatic carbocycles. The number of amides is 2. The first-order valence-corrected chi connectivity index (χ1v) is 10.2. The molecule has 0 heterocycles. The number of aliphatic hydroxyl groups excluding tert-OH is 1. The second-order valence-electron chi connectivity index (χ2n) is 6.92. The van der Waals surface area contributed by atoms with Gasteiger partial charge in [0.05, 0.1) is 0 Å². The number of carbonyl (C=O) groups is 2. The van der Waals surface area contributed by atoms with E-state index in [4.69, 9.17) is 5.11 Å². The van der Waals surface area contributed by atoms with Crippen LogP contribution in [0, 0.1) is 0 Å². The van der Waals surface area contributed by atoms with Gasteiger partial charge in [-0.25, -0.2) is 0 Å². The predicted molar refractivity (Wildman–Crippen MR) is 104 cm³/mol. The van der Waals surface area contributed by atoms with Gasteiger partial charge >= 0.3 is 0 Å². The third-order valence-corrected chi connectivity index (χ3v) is 4.31. The van der Waals surface area contributed by atoms with Crippen molar-refractivity contribution < 1.29 is 14.7 Å². The molecule has 2 amide bonds. The number of imide groups is 1. The first kappa shape index (κ1) is 23.8. The molecule has 0 aliphatic heterocycles. The van der Waals surface area contributed by atoms with Crippen molar-refractivity contribution in [2.45, 2.75) is 110 Å².